The molecule has 20 heavy (non-hydrogen) atoms. The SMILES string of the molecule is Cc1ccc(C(=O)c2ccc3c(c2)CC(C(=O)O)C3)s1. The Labute approximate surface area is 120 Å². The zero-order valence-corrected chi connectivity index (χ0v) is 11.9. The van der Waals surface area contributed by atoms with Gasteiger partial charge in [-0.3, -0.25) is 9.59 Å². The van der Waals surface area contributed by atoms with Crippen LogP contribution in [0.3, 0.4) is 0 Å². The first-order valence-corrected chi connectivity index (χ1v) is 7.32. The van der Waals surface area contributed by atoms with Gasteiger partial charge in [0.05, 0.1) is 10.8 Å². The minimum absolute atomic E-state index is 0.0182. The van der Waals surface area contributed by atoms with Gasteiger partial charge in [-0.15, -0.1) is 11.3 Å². The molecule has 0 aliphatic heterocycles. The second-order valence-corrected chi connectivity index (χ2v) is 6.45. The number of fused-ring (bicyclic) bond motifs is 1. The third-order valence-corrected chi connectivity index (χ3v) is 4.71. The lowest BCUT2D eigenvalue weighted by atomic mass is 10.0. The van der Waals surface area contributed by atoms with Gasteiger partial charge < -0.3 is 5.11 Å². The van der Waals surface area contributed by atoms with Crippen LogP contribution in [0.2, 0.25) is 0 Å². The molecule has 3 nitrogen and oxygen atoms in total. The third-order valence-electron chi connectivity index (χ3n) is 3.71. The van der Waals surface area contributed by atoms with Crippen molar-refractivity contribution in [1.29, 1.82) is 0 Å². The first-order chi connectivity index (χ1) is 9.54. The van der Waals surface area contributed by atoms with E-state index >= 15 is 0 Å². The standard InChI is InChI=1S/C16H14O3S/c1-9-2-5-14(20-9)15(17)11-4-3-10-6-13(16(18)19)8-12(10)7-11/h2-5,7,13H,6,8H2,1H3,(H,18,19). The number of ketones is 1. The first-order valence-electron chi connectivity index (χ1n) is 6.50. The summed E-state index contributed by atoms with van der Waals surface area (Å²) in [6.07, 6.45) is 1.09. The molecule has 0 fully saturated rings. The zero-order valence-electron chi connectivity index (χ0n) is 11.1. The predicted molar refractivity (Wildman–Crippen MR) is 77.5 cm³/mol. The van der Waals surface area contributed by atoms with Crippen molar-refractivity contribution in [3.63, 3.8) is 0 Å². The molecule has 0 radical (unpaired) electrons. The molecule has 102 valence electrons. The fourth-order valence-corrected chi connectivity index (χ4v) is 3.46. The monoisotopic (exact) mass is 286 g/mol. The number of carboxylic acids is 1. The van der Waals surface area contributed by atoms with Gasteiger partial charge in [-0.2, -0.15) is 0 Å². The molecule has 0 spiro atoms. The van der Waals surface area contributed by atoms with E-state index in [1.54, 1.807) is 6.07 Å². The molecule has 1 aliphatic rings. The lowest BCUT2D eigenvalue weighted by Gasteiger charge is -2.02. The molecule has 1 aliphatic carbocycles. The number of benzene rings is 1. The number of aryl methyl sites for hydroxylation is 1. The second kappa shape index (κ2) is 4.87. The Morgan fingerprint density at radius 1 is 1.15 bits per heavy atom. The number of rotatable bonds is 3. The van der Waals surface area contributed by atoms with Gasteiger partial charge in [0.25, 0.3) is 0 Å². The molecule has 1 aromatic carbocycles. The Morgan fingerprint density at radius 2 is 1.90 bits per heavy atom. The maximum Gasteiger partial charge on any atom is 0.307 e. The number of thiophene rings is 1. The smallest absolute Gasteiger partial charge is 0.307 e. The van der Waals surface area contributed by atoms with E-state index in [0.717, 1.165) is 20.9 Å². The molecule has 1 unspecified atom stereocenters. The highest BCUT2D eigenvalue weighted by atomic mass is 32.1. The summed E-state index contributed by atoms with van der Waals surface area (Å²) in [6.45, 7) is 1.97. The summed E-state index contributed by atoms with van der Waals surface area (Å²) in [7, 11) is 0. The highest BCUT2D eigenvalue weighted by Gasteiger charge is 2.27. The van der Waals surface area contributed by atoms with Crippen molar-refractivity contribution in [2.24, 2.45) is 5.92 Å². The molecule has 4 heteroatoms. The lowest BCUT2D eigenvalue weighted by Crippen LogP contribution is -2.12. The van der Waals surface area contributed by atoms with Gasteiger partial charge in [0, 0.05) is 10.4 Å². The van der Waals surface area contributed by atoms with Crippen molar-refractivity contribution >= 4 is 23.1 Å². The van der Waals surface area contributed by atoms with E-state index in [0.29, 0.717) is 18.4 Å². The van der Waals surface area contributed by atoms with E-state index in [-0.39, 0.29) is 11.7 Å². The summed E-state index contributed by atoms with van der Waals surface area (Å²) in [4.78, 5) is 25.3. The molecule has 2 aromatic rings. The quantitative estimate of drug-likeness (QED) is 0.882. The topological polar surface area (TPSA) is 54.4 Å². The highest BCUT2D eigenvalue weighted by Crippen LogP contribution is 2.29. The molecule has 0 amide bonds. The van der Waals surface area contributed by atoms with Crippen LogP contribution in [0.5, 0.6) is 0 Å². The number of aliphatic carboxylic acids is 1. The summed E-state index contributed by atoms with van der Waals surface area (Å²) in [6, 6.07) is 9.34. The summed E-state index contributed by atoms with van der Waals surface area (Å²) in [5.41, 5.74) is 2.70. The van der Waals surface area contributed by atoms with Crippen molar-refractivity contribution in [3.8, 4) is 0 Å². The van der Waals surface area contributed by atoms with E-state index in [2.05, 4.69) is 0 Å². The fraction of sp³-hybridized carbons (Fsp3) is 0.250. The summed E-state index contributed by atoms with van der Waals surface area (Å²) in [5, 5.41) is 9.08. The van der Waals surface area contributed by atoms with E-state index in [1.807, 2.05) is 31.2 Å². The van der Waals surface area contributed by atoms with Gasteiger partial charge >= 0.3 is 5.97 Å². The highest BCUT2D eigenvalue weighted by molar-refractivity contribution is 7.14. The molecule has 0 saturated carbocycles. The number of hydrogen-bond donors (Lipinski definition) is 1. The average Bonchev–Trinajstić information content (AvgIpc) is 3.02. The molecule has 3 rings (SSSR count). The van der Waals surface area contributed by atoms with Crippen LogP contribution in [-0.4, -0.2) is 16.9 Å². The van der Waals surface area contributed by atoms with Crippen LogP contribution >= 0.6 is 11.3 Å². The summed E-state index contributed by atoms with van der Waals surface area (Å²) >= 11 is 1.49. The number of carboxylic acid groups (broad SMARTS) is 1. The molecular weight excluding hydrogens is 272 g/mol. The van der Waals surface area contributed by atoms with Gasteiger partial charge in [0.1, 0.15) is 0 Å². The van der Waals surface area contributed by atoms with Crippen LogP contribution in [0.4, 0.5) is 0 Å². The van der Waals surface area contributed by atoms with Gasteiger partial charge in [0.15, 0.2) is 0 Å². The minimum Gasteiger partial charge on any atom is -0.481 e. The molecule has 0 bridgehead atoms. The van der Waals surface area contributed by atoms with Crippen molar-refractivity contribution in [3.05, 3.63) is 56.8 Å². The molecule has 0 saturated heterocycles. The van der Waals surface area contributed by atoms with Crippen LogP contribution in [0.1, 0.15) is 31.2 Å². The third kappa shape index (κ3) is 2.27. The number of hydrogen-bond acceptors (Lipinski definition) is 3. The molecular formula is C16H14O3S. The Kier molecular flexibility index (Phi) is 3.18. The minimum atomic E-state index is -0.761. The Balaban J connectivity index is 1.89. The van der Waals surface area contributed by atoms with Crippen molar-refractivity contribution in [1.82, 2.24) is 0 Å². The maximum atomic E-state index is 12.4. The first kappa shape index (κ1) is 13.1. The predicted octanol–water partition coefficient (Wildman–Crippen LogP) is 3.09. The molecule has 1 atom stereocenters. The summed E-state index contributed by atoms with van der Waals surface area (Å²) in [5.74, 6) is -1.09. The summed E-state index contributed by atoms with van der Waals surface area (Å²) < 4.78 is 0. The molecule has 1 aromatic heterocycles. The van der Waals surface area contributed by atoms with Crippen LogP contribution in [0.15, 0.2) is 30.3 Å². The van der Waals surface area contributed by atoms with Crippen LogP contribution in [0.25, 0.3) is 0 Å². The van der Waals surface area contributed by atoms with Gasteiger partial charge in [-0.1, -0.05) is 12.1 Å². The van der Waals surface area contributed by atoms with Gasteiger partial charge in [-0.25, -0.2) is 0 Å². The van der Waals surface area contributed by atoms with Crippen molar-refractivity contribution in [2.45, 2.75) is 19.8 Å². The van der Waals surface area contributed by atoms with Crippen LogP contribution in [-0.2, 0) is 17.6 Å². The van der Waals surface area contributed by atoms with E-state index in [9.17, 15) is 9.59 Å². The lowest BCUT2D eigenvalue weighted by molar-refractivity contribution is -0.141. The average molecular weight is 286 g/mol. The fourth-order valence-electron chi connectivity index (χ4n) is 2.63. The van der Waals surface area contributed by atoms with Gasteiger partial charge in [-0.05, 0) is 49.1 Å². The Bertz CT molecular complexity index is 699. The van der Waals surface area contributed by atoms with Crippen LogP contribution < -0.4 is 0 Å². The Hall–Kier alpha value is -1.94. The van der Waals surface area contributed by atoms with E-state index in [1.165, 1.54) is 11.3 Å². The van der Waals surface area contributed by atoms with Crippen LogP contribution in [0, 0.1) is 12.8 Å². The van der Waals surface area contributed by atoms with E-state index in [4.69, 9.17) is 5.11 Å². The molecule has 1 heterocycles. The molecule has 1 N–H and O–H groups in total. The van der Waals surface area contributed by atoms with Crippen molar-refractivity contribution in [2.75, 3.05) is 0 Å². The van der Waals surface area contributed by atoms with Gasteiger partial charge in [0.2, 0.25) is 5.78 Å². The second-order valence-electron chi connectivity index (χ2n) is 5.17. The van der Waals surface area contributed by atoms with E-state index < -0.39 is 5.97 Å². The maximum absolute atomic E-state index is 12.4. The number of carbonyl (C=O) groups is 2. The Morgan fingerprint density at radius 3 is 2.55 bits per heavy atom. The normalized spacial score (nSPS) is 16.9. The largest absolute Gasteiger partial charge is 0.481 e. The number of carbonyl (C=O) groups excluding carboxylic acids is 1. The zero-order chi connectivity index (χ0) is 14.3. The van der Waals surface area contributed by atoms with Crippen molar-refractivity contribution < 1.29 is 14.7 Å².